The van der Waals surface area contributed by atoms with E-state index < -0.39 is 5.97 Å². The van der Waals surface area contributed by atoms with Gasteiger partial charge in [-0.25, -0.2) is 0 Å². The fraction of sp³-hybridized carbons (Fsp3) is 0.857. The number of nitrogens with one attached hydrogen (secondary N) is 1. The van der Waals surface area contributed by atoms with Crippen molar-refractivity contribution in [1.82, 2.24) is 5.32 Å². The van der Waals surface area contributed by atoms with Gasteiger partial charge in [-0.3, -0.25) is 4.79 Å². The van der Waals surface area contributed by atoms with Gasteiger partial charge in [0, 0.05) is 12.6 Å². The Hall–Kier alpha value is -0.610. The van der Waals surface area contributed by atoms with Gasteiger partial charge in [0.2, 0.25) is 0 Å². The Balaban J connectivity index is 3.49. The topological polar surface area (TPSA) is 58.6 Å². The molecule has 0 aliphatic carbocycles. The average molecular weight is 161 g/mol. The molecule has 0 fully saturated rings. The lowest BCUT2D eigenvalue weighted by Gasteiger charge is -2.12. The summed E-state index contributed by atoms with van der Waals surface area (Å²) in [6.45, 7) is 2.96. The molecule has 1 atom stereocenters. The Kier molecular flexibility index (Phi) is 5.78. The van der Waals surface area contributed by atoms with Gasteiger partial charge in [0.15, 0.2) is 0 Å². The monoisotopic (exact) mass is 161 g/mol. The molecule has 0 aromatic carbocycles. The first-order chi connectivity index (χ1) is 5.20. The molecule has 1 unspecified atom stereocenters. The first kappa shape index (κ1) is 10.4. The van der Waals surface area contributed by atoms with E-state index in [1.54, 1.807) is 7.05 Å². The fourth-order valence-electron chi connectivity index (χ4n) is 0.715. The number of ether oxygens (including phenoxy) is 1. The minimum absolute atomic E-state index is 0.0764. The van der Waals surface area contributed by atoms with E-state index in [1.807, 2.05) is 6.92 Å². The maximum atomic E-state index is 10.2. The summed E-state index contributed by atoms with van der Waals surface area (Å²) in [6.07, 6.45) is 0.108. The number of rotatable bonds is 6. The molecule has 0 heterocycles. The van der Waals surface area contributed by atoms with Gasteiger partial charge in [0.1, 0.15) is 0 Å². The quantitative estimate of drug-likeness (QED) is 0.579. The number of hydrogen-bond acceptors (Lipinski definition) is 3. The molecule has 0 radical (unpaired) electrons. The zero-order valence-corrected chi connectivity index (χ0v) is 6.96. The molecule has 0 aliphatic heterocycles. The van der Waals surface area contributed by atoms with Crippen molar-refractivity contribution in [2.24, 2.45) is 0 Å². The number of hydrogen-bond donors (Lipinski definition) is 2. The summed E-state index contributed by atoms with van der Waals surface area (Å²) >= 11 is 0. The molecular weight excluding hydrogens is 146 g/mol. The molecule has 11 heavy (non-hydrogen) atoms. The standard InChI is InChI=1S/C7H15NO3/c1-3-11-5-6(8-2)4-7(9)10/h6,8H,3-5H2,1-2H3,(H,9,10). The molecule has 4 nitrogen and oxygen atoms in total. The minimum atomic E-state index is -0.802. The highest BCUT2D eigenvalue weighted by molar-refractivity contribution is 5.67. The maximum Gasteiger partial charge on any atom is 0.305 e. The zero-order valence-electron chi connectivity index (χ0n) is 6.96. The third-order valence-corrected chi connectivity index (χ3v) is 1.35. The molecule has 0 aromatic rings. The van der Waals surface area contributed by atoms with Crippen LogP contribution in [0.15, 0.2) is 0 Å². The van der Waals surface area contributed by atoms with Crippen molar-refractivity contribution in [3.63, 3.8) is 0 Å². The highest BCUT2D eigenvalue weighted by Gasteiger charge is 2.09. The van der Waals surface area contributed by atoms with Crippen molar-refractivity contribution in [3.05, 3.63) is 0 Å². The first-order valence-corrected chi connectivity index (χ1v) is 3.67. The number of carboxylic acids is 1. The summed E-state index contributed by atoms with van der Waals surface area (Å²) in [5.74, 6) is -0.802. The number of likely N-dealkylation sites (N-methyl/N-ethyl adjacent to an activating group) is 1. The number of carbonyl (C=O) groups is 1. The van der Waals surface area contributed by atoms with Crippen LogP contribution in [0.5, 0.6) is 0 Å². The fourth-order valence-corrected chi connectivity index (χ4v) is 0.715. The third kappa shape index (κ3) is 5.82. The second-order valence-corrected chi connectivity index (χ2v) is 2.24. The van der Waals surface area contributed by atoms with E-state index >= 15 is 0 Å². The average Bonchev–Trinajstić information content (AvgIpc) is 1.97. The van der Waals surface area contributed by atoms with Crippen LogP contribution < -0.4 is 5.32 Å². The van der Waals surface area contributed by atoms with E-state index in [2.05, 4.69) is 5.32 Å². The number of aliphatic carboxylic acids is 1. The van der Waals surface area contributed by atoms with Crippen LogP contribution in [0.3, 0.4) is 0 Å². The highest BCUT2D eigenvalue weighted by Crippen LogP contribution is 1.91. The van der Waals surface area contributed by atoms with Crippen molar-refractivity contribution >= 4 is 5.97 Å². The van der Waals surface area contributed by atoms with E-state index in [1.165, 1.54) is 0 Å². The first-order valence-electron chi connectivity index (χ1n) is 3.67. The van der Waals surface area contributed by atoms with Crippen LogP contribution in [0.2, 0.25) is 0 Å². The lowest BCUT2D eigenvalue weighted by atomic mass is 10.2. The Morgan fingerprint density at radius 1 is 1.73 bits per heavy atom. The smallest absolute Gasteiger partial charge is 0.305 e. The van der Waals surface area contributed by atoms with E-state index in [0.29, 0.717) is 13.2 Å². The second-order valence-electron chi connectivity index (χ2n) is 2.24. The summed E-state index contributed by atoms with van der Waals surface area (Å²) in [4.78, 5) is 10.2. The summed E-state index contributed by atoms with van der Waals surface area (Å²) in [5.41, 5.74) is 0. The van der Waals surface area contributed by atoms with Crippen molar-refractivity contribution < 1.29 is 14.6 Å². The Morgan fingerprint density at radius 3 is 2.73 bits per heavy atom. The van der Waals surface area contributed by atoms with Crippen LogP contribution in [-0.2, 0) is 9.53 Å². The van der Waals surface area contributed by atoms with Crippen LogP contribution in [0, 0.1) is 0 Å². The molecule has 2 N–H and O–H groups in total. The van der Waals surface area contributed by atoms with Crippen LogP contribution in [0.1, 0.15) is 13.3 Å². The van der Waals surface area contributed by atoms with Crippen LogP contribution in [-0.4, -0.2) is 37.4 Å². The Morgan fingerprint density at radius 2 is 2.36 bits per heavy atom. The molecule has 66 valence electrons. The van der Waals surface area contributed by atoms with Gasteiger partial charge in [-0.1, -0.05) is 0 Å². The molecule has 0 spiro atoms. The van der Waals surface area contributed by atoms with Crippen LogP contribution in [0.4, 0.5) is 0 Å². The largest absolute Gasteiger partial charge is 0.481 e. The predicted molar refractivity (Wildman–Crippen MR) is 41.6 cm³/mol. The molecule has 0 saturated heterocycles. The zero-order chi connectivity index (χ0) is 8.69. The molecular formula is C7H15NO3. The molecule has 0 saturated carbocycles. The van der Waals surface area contributed by atoms with Gasteiger partial charge in [-0.05, 0) is 14.0 Å². The Bertz CT molecular complexity index is 116. The SMILES string of the molecule is CCOCC(CC(=O)O)NC. The molecule has 0 aromatic heterocycles. The molecule has 0 bridgehead atoms. The van der Waals surface area contributed by atoms with Gasteiger partial charge in [-0.2, -0.15) is 0 Å². The summed E-state index contributed by atoms with van der Waals surface area (Å²) in [6, 6.07) is -0.0764. The summed E-state index contributed by atoms with van der Waals surface area (Å²) in [7, 11) is 1.73. The highest BCUT2D eigenvalue weighted by atomic mass is 16.5. The van der Waals surface area contributed by atoms with Crippen LogP contribution >= 0.6 is 0 Å². The van der Waals surface area contributed by atoms with Crippen molar-refractivity contribution in [2.45, 2.75) is 19.4 Å². The third-order valence-electron chi connectivity index (χ3n) is 1.35. The summed E-state index contributed by atoms with van der Waals surface area (Å²) in [5, 5.41) is 11.3. The Labute approximate surface area is 66.5 Å². The molecule has 0 amide bonds. The lowest BCUT2D eigenvalue weighted by Crippen LogP contribution is -2.32. The van der Waals surface area contributed by atoms with Gasteiger partial charge < -0.3 is 15.2 Å². The second kappa shape index (κ2) is 6.12. The van der Waals surface area contributed by atoms with E-state index in [-0.39, 0.29) is 12.5 Å². The van der Waals surface area contributed by atoms with Crippen molar-refractivity contribution in [2.75, 3.05) is 20.3 Å². The lowest BCUT2D eigenvalue weighted by molar-refractivity contribution is -0.137. The molecule has 4 heteroatoms. The van der Waals surface area contributed by atoms with Crippen molar-refractivity contribution in [1.29, 1.82) is 0 Å². The number of carboxylic acid groups (broad SMARTS) is 1. The predicted octanol–water partition coefficient (Wildman–Crippen LogP) is 0.0856. The van der Waals surface area contributed by atoms with Gasteiger partial charge >= 0.3 is 5.97 Å². The normalized spacial score (nSPS) is 12.9. The van der Waals surface area contributed by atoms with E-state index in [0.717, 1.165) is 0 Å². The van der Waals surface area contributed by atoms with Crippen LogP contribution in [0.25, 0.3) is 0 Å². The van der Waals surface area contributed by atoms with E-state index in [9.17, 15) is 4.79 Å². The van der Waals surface area contributed by atoms with Crippen molar-refractivity contribution in [3.8, 4) is 0 Å². The van der Waals surface area contributed by atoms with Gasteiger partial charge in [0.25, 0.3) is 0 Å². The van der Waals surface area contributed by atoms with Gasteiger partial charge in [0.05, 0.1) is 13.0 Å². The maximum absolute atomic E-state index is 10.2. The summed E-state index contributed by atoms with van der Waals surface area (Å²) < 4.78 is 5.06. The molecule has 0 aliphatic rings. The minimum Gasteiger partial charge on any atom is -0.481 e. The molecule has 0 rings (SSSR count). The van der Waals surface area contributed by atoms with Gasteiger partial charge in [-0.15, -0.1) is 0 Å². The van der Waals surface area contributed by atoms with E-state index in [4.69, 9.17) is 9.84 Å².